The van der Waals surface area contributed by atoms with E-state index < -0.39 is 16.2 Å². The van der Waals surface area contributed by atoms with Crippen molar-refractivity contribution < 1.29 is 12.8 Å². The number of fused-ring (bicyclic) bond motifs is 2. The first-order chi connectivity index (χ1) is 14.8. The average Bonchev–Trinajstić information content (AvgIpc) is 3.29. The van der Waals surface area contributed by atoms with Gasteiger partial charge >= 0.3 is 0 Å². The Hall–Kier alpha value is -2.24. The molecule has 3 N–H and O–H groups in total. The maximum absolute atomic E-state index is 14.4. The van der Waals surface area contributed by atoms with Crippen LogP contribution in [0.4, 0.5) is 10.2 Å². The fourth-order valence-electron chi connectivity index (χ4n) is 3.84. The van der Waals surface area contributed by atoms with Crippen molar-refractivity contribution in [2.24, 2.45) is 0 Å². The van der Waals surface area contributed by atoms with E-state index in [1.807, 2.05) is 10.6 Å². The van der Waals surface area contributed by atoms with E-state index in [0.29, 0.717) is 35.7 Å². The quantitative estimate of drug-likeness (QED) is 0.526. The molecular weight excluding hydrogens is 439 g/mol. The first kappa shape index (κ1) is 22.0. The van der Waals surface area contributed by atoms with Crippen LogP contribution >= 0.6 is 11.8 Å². The number of nitrogen functional groups attached to an aromatic ring is 1. The van der Waals surface area contributed by atoms with Gasteiger partial charge in [0.2, 0.25) is 10.0 Å². The topological polar surface area (TPSA) is 116 Å². The van der Waals surface area contributed by atoms with Gasteiger partial charge in [0, 0.05) is 11.4 Å². The number of nitrogens with one attached hydrogen (secondary N) is 1. The Morgan fingerprint density at radius 2 is 2.16 bits per heavy atom. The lowest BCUT2D eigenvalue weighted by atomic mass is 10.0. The van der Waals surface area contributed by atoms with E-state index in [4.69, 9.17) is 5.73 Å². The van der Waals surface area contributed by atoms with Crippen molar-refractivity contribution in [1.82, 2.24) is 24.2 Å². The first-order valence-corrected chi connectivity index (χ1v) is 12.7. The summed E-state index contributed by atoms with van der Waals surface area (Å²) in [5.74, 6) is 0.248. The molecule has 166 valence electrons. The number of anilines is 1. The summed E-state index contributed by atoms with van der Waals surface area (Å²) in [4.78, 5) is 13.9. The number of alkyl halides is 1. The number of benzene rings is 1. The Labute approximate surface area is 184 Å². The van der Waals surface area contributed by atoms with Crippen molar-refractivity contribution in [3.8, 4) is 0 Å². The second-order valence-electron chi connectivity index (χ2n) is 7.47. The summed E-state index contributed by atoms with van der Waals surface area (Å²) in [5.41, 5.74) is 10.0. The summed E-state index contributed by atoms with van der Waals surface area (Å²) in [6.45, 7) is 2.47. The lowest BCUT2D eigenvalue weighted by Crippen LogP contribution is -2.22. The fraction of sp³-hybridized carbons (Fsp3) is 0.450. The Kier molecular flexibility index (Phi) is 6.18. The molecule has 0 radical (unpaired) electrons. The molecule has 3 aromatic rings. The summed E-state index contributed by atoms with van der Waals surface area (Å²) >= 11 is 1.43. The number of imidazole rings is 1. The molecule has 0 bridgehead atoms. The molecule has 0 saturated heterocycles. The summed E-state index contributed by atoms with van der Waals surface area (Å²) in [5, 5.41) is 0.632. The number of sulfonamides is 1. The molecule has 0 amide bonds. The van der Waals surface area contributed by atoms with Crippen LogP contribution in [0.25, 0.3) is 11.2 Å². The van der Waals surface area contributed by atoms with Crippen molar-refractivity contribution in [3.63, 3.8) is 0 Å². The molecule has 0 spiro atoms. The normalized spacial score (nSPS) is 16.2. The van der Waals surface area contributed by atoms with Crippen molar-refractivity contribution in [3.05, 3.63) is 35.2 Å². The van der Waals surface area contributed by atoms with Crippen LogP contribution in [0.5, 0.6) is 0 Å². The third kappa shape index (κ3) is 4.39. The van der Waals surface area contributed by atoms with Crippen LogP contribution < -0.4 is 10.5 Å². The van der Waals surface area contributed by atoms with Crippen LogP contribution in [-0.4, -0.2) is 40.7 Å². The van der Waals surface area contributed by atoms with Crippen LogP contribution in [0.3, 0.4) is 0 Å². The van der Waals surface area contributed by atoms with Gasteiger partial charge in [0.1, 0.15) is 12.5 Å². The van der Waals surface area contributed by atoms with Crippen molar-refractivity contribution in [2.45, 2.75) is 55.4 Å². The maximum atomic E-state index is 14.4. The smallest absolute Gasteiger partial charge is 0.211 e. The summed E-state index contributed by atoms with van der Waals surface area (Å²) in [7, 11) is -1.92. The molecule has 2 heterocycles. The molecule has 4 rings (SSSR count). The van der Waals surface area contributed by atoms with Gasteiger partial charge in [-0.15, -0.1) is 0 Å². The molecule has 11 heteroatoms. The number of aryl methyl sites for hydroxylation is 3. The van der Waals surface area contributed by atoms with Gasteiger partial charge in [0.15, 0.2) is 22.1 Å². The molecule has 1 unspecified atom stereocenters. The molecule has 8 nitrogen and oxygen atoms in total. The molecule has 2 aromatic heterocycles. The van der Waals surface area contributed by atoms with E-state index in [1.165, 1.54) is 25.1 Å². The van der Waals surface area contributed by atoms with Crippen molar-refractivity contribution >= 4 is 38.8 Å². The zero-order valence-corrected chi connectivity index (χ0v) is 19.1. The van der Waals surface area contributed by atoms with Crippen LogP contribution in [0.1, 0.15) is 42.6 Å². The van der Waals surface area contributed by atoms with Gasteiger partial charge in [-0.1, -0.05) is 24.8 Å². The van der Waals surface area contributed by atoms with Gasteiger partial charge in [-0.05, 0) is 55.5 Å². The van der Waals surface area contributed by atoms with E-state index >= 15 is 0 Å². The highest BCUT2D eigenvalue weighted by atomic mass is 32.2. The minimum atomic E-state index is -3.32. The SMILES string of the molecule is CCc1cc2c(cc1Sc1nc3c(N)ncnc3n1CCCS(=O)(=O)NC)C(F)CC2. The van der Waals surface area contributed by atoms with Crippen LogP contribution in [0.15, 0.2) is 28.5 Å². The Balaban J connectivity index is 1.72. The Bertz CT molecular complexity index is 1230. The van der Waals surface area contributed by atoms with Gasteiger partial charge in [-0.2, -0.15) is 0 Å². The summed E-state index contributed by atoms with van der Waals surface area (Å²) in [6.07, 6.45) is 2.91. The third-order valence-corrected chi connectivity index (χ3v) is 8.08. The van der Waals surface area contributed by atoms with E-state index in [2.05, 4.69) is 32.7 Å². The number of nitrogens with two attached hydrogens (primary N) is 1. The number of halogens is 1. The predicted molar refractivity (Wildman–Crippen MR) is 119 cm³/mol. The van der Waals surface area contributed by atoms with E-state index in [-0.39, 0.29) is 11.6 Å². The van der Waals surface area contributed by atoms with Crippen LogP contribution in [-0.2, 0) is 29.4 Å². The second kappa shape index (κ2) is 8.71. The van der Waals surface area contributed by atoms with Crippen LogP contribution in [0, 0.1) is 0 Å². The number of hydrogen-bond acceptors (Lipinski definition) is 7. The molecule has 1 aliphatic carbocycles. The fourth-order valence-corrected chi connectivity index (χ4v) is 5.69. The maximum Gasteiger partial charge on any atom is 0.211 e. The van der Waals surface area contributed by atoms with Gasteiger partial charge in [0.05, 0.1) is 5.75 Å². The van der Waals surface area contributed by atoms with Crippen LogP contribution in [0.2, 0.25) is 0 Å². The average molecular weight is 465 g/mol. The summed E-state index contributed by atoms with van der Waals surface area (Å²) < 4.78 is 42.2. The highest BCUT2D eigenvalue weighted by molar-refractivity contribution is 7.99. The largest absolute Gasteiger partial charge is 0.382 e. The minimum Gasteiger partial charge on any atom is -0.382 e. The number of aromatic nitrogens is 4. The molecule has 1 aromatic carbocycles. The van der Waals surface area contributed by atoms with Gasteiger partial charge < -0.3 is 10.3 Å². The highest BCUT2D eigenvalue weighted by Crippen LogP contribution is 2.41. The molecule has 0 aliphatic heterocycles. The monoisotopic (exact) mass is 464 g/mol. The van der Waals surface area contributed by atoms with Crippen molar-refractivity contribution in [2.75, 3.05) is 18.5 Å². The van der Waals surface area contributed by atoms with E-state index in [9.17, 15) is 12.8 Å². The van der Waals surface area contributed by atoms with E-state index in [1.54, 1.807) is 0 Å². The van der Waals surface area contributed by atoms with Crippen molar-refractivity contribution in [1.29, 1.82) is 0 Å². The zero-order chi connectivity index (χ0) is 22.2. The highest BCUT2D eigenvalue weighted by Gasteiger charge is 2.25. The molecule has 1 aliphatic rings. The predicted octanol–water partition coefficient (Wildman–Crippen LogP) is 3.02. The third-order valence-electron chi connectivity index (χ3n) is 5.54. The number of rotatable bonds is 8. The minimum absolute atomic E-state index is 0.0174. The number of nitrogens with zero attached hydrogens (tertiary/aromatic N) is 4. The Morgan fingerprint density at radius 3 is 2.90 bits per heavy atom. The summed E-state index contributed by atoms with van der Waals surface area (Å²) in [6, 6.07) is 4.03. The number of hydrogen-bond donors (Lipinski definition) is 2. The molecule has 0 saturated carbocycles. The Morgan fingerprint density at radius 1 is 1.35 bits per heavy atom. The molecule has 31 heavy (non-hydrogen) atoms. The lowest BCUT2D eigenvalue weighted by Gasteiger charge is -2.13. The molecule has 1 atom stereocenters. The van der Waals surface area contributed by atoms with Gasteiger partial charge in [-0.3, -0.25) is 0 Å². The zero-order valence-electron chi connectivity index (χ0n) is 17.4. The van der Waals surface area contributed by atoms with E-state index in [0.717, 1.165) is 34.4 Å². The first-order valence-electron chi connectivity index (χ1n) is 10.2. The van der Waals surface area contributed by atoms with Gasteiger partial charge in [-0.25, -0.2) is 32.5 Å². The lowest BCUT2D eigenvalue weighted by molar-refractivity contribution is 0.343. The molecule has 0 fully saturated rings. The molecular formula is C20H25FN6O2S2. The second-order valence-corrected chi connectivity index (χ2v) is 10.5. The van der Waals surface area contributed by atoms with Gasteiger partial charge in [0.25, 0.3) is 0 Å². The standard InChI is InChI=1S/C20H25FN6O2S2/c1-3-12-9-13-5-6-15(21)14(13)10-16(12)30-20-26-17-18(22)24-11-25-19(17)27(20)7-4-8-31(28,29)23-2/h9-11,15,23H,3-8H2,1-2H3,(H2,22,24,25).